The second kappa shape index (κ2) is 6.52. The van der Waals surface area contributed by atoms with Crippen molar-refractivity contribution >= 4 is 35.0 Å². The van der Waals surface area contributed by atoms with Gasteiger partial charge in [0, 0.05) is 12.3 Å². The van der Waals surface area contributed by atoms with Gasteiger partial charge < -0.3 is 4.98 Å². The zero-order chi connectivity index (χ0) is 16.1. The number of hydrazone groups is 1. The first-order chi connectivity index (χ1) is 11.2. The first-order valence-corrected chi connectivity index (χ1v) is 6.88. The Balaban J connectivity index is 1.66. The number of hydrogen-bond donors (Lipinski definition) is 2. The lowest BCUT2D eigenvalue weighted by molar-refractivity contribution is -0.385. The summed E-state index contributed by atoms with van der Waals surface area (Å²) >= 11 is 0. The van der Waals surface area contributed by atoms with E-state index in [2.05, 4.69) is 20.5 Å². The molecule has 3 aromatic rings. The predicted molar refractivity (Wildman–Crippen MR) is 90.3 cm³/mol. The quantitative estimate of drug-likeness (QED) is 0.428. The van der Waals surface area contributed by atoms with Crippen LogP contribution in [0.3, 0.4) is 0 Å². The van der Waals surface area contributed by atoms with E-state index in [0.717, 1.165) is 11.0 Å². The zero-order valence-electron chi connectivity index (χ0n) is 12.0. The van der Waals surface area contributed by atoms with Crippen LogP contribution in [0.4, 0.5) is 11.6 Å². The third-order valence-corrected chi connectivity index (χ3v) is 3.13. The number of anilines is 1. The molecule has 7 nitrogen and oxygen atoms in total. The molecule has 0 saturated carbocycles. The summed E-state index contributed by atoms with van der Waals surface area (Å²) in [5.41, 5.74) is 5.12. The topological polar surface area (TPSA) is 96.2 Å². The molecule has 0 aliphatic heterocycles. The summed E-state index contributed by atoms with van der Waals surface area (Å²) in [5.74, 6) is 0.529. The van der Waals surface area contributed by atoms with Gasteiger partial charge in [-0.2, -0.15) is 5.10 Å². The SMILES string of the molecule is O=[N+]([O-])c1ccccc1C=CC=NNc1nc2ccccc2[nH]1. The van der Waals surface area contributed by atoms with Gasteiger partial charge in [0.25, 0.3) is 5.69 Å². The molecule has 2 N–H and O–H groups in total. The van der Waals surface area contributed by atoms with Crippen molar-refractivity contribution in [3.63, 3.8) is 0 Å². The van der Waals surface area contributed by atoms with Crippen LogP contribution in [-0.2, 0) is 0 Å². The largest absolute Gasteiger partial charge is 0.323 e. The molecule has 23 heavy (non-hydrogen) atoms. The third-order valence-electron chi connectivity index (χ3n) is 3.13. The molecule has 7 heteroatoms. The summed E-state index contributed by atoms with van der Waals surface area (Å²) in [4.78, 5) is 17.9. The third kappa shape index (κ3) is 3.41. The minimum atomic E-state index is -0.413. The van der Waals surface area contributed by atoms with Crippen LogP contribution in [-0.4, -0.2) is 21.1 Å². The standard InChI is InChI=1S/C16H13N5O2/c22-21(23)15-10-4-1-6-12(15)7-5-11-17-20-16-18-13-8-2-3-9-14(13)19-16/h1-11H,(H2,18,19,20). The number of allylic oxidation sites excluding steroid dienone is 1. The fourth-order valence-corrected chi connectivity index (χ4v) is 2.09. The van der Waals surface area contributed by atoms with Gasteiger partial charge in [0.2, 0.25) is 5.95 Å². The van der Waals surface area contributed by atoms with Crippen molar-refractivity contribution in [1.29, 1.82) is 0 Å². The normalized spacial score (nSPS) is 11.5. The van der Waals surface area contributed by atoms with Gasteiger partial charge in [-0.15, -0.1) is 0 Å². The van der Waals surface area contributed by atoms with Crippen molar-refractivity contribution in [2.24, 2.45) is 5.10 Å². The number of H-pyrrole nitrogens is 1. The number of benzene rings is 2. The van der Waals surface area contributed by atoms with Crippen LogP contribution in [0.25, 0.3) is 17.1 Å². The van der Waals surface area contributed by atoms with E-state index in [4.69, 9.17) is 0 Å². The average Bonchev–Trinajstić information content (AvgIpc) is 2.97. The Labute approximate surface area is 131 Å². The number of nitrogens with zero attached hydrogens (tertiary/aromatic N) is 3. The number of para-hydroxylation sites is 3. The summed E-state index contributed by atoms with van der Waals surface area (Å²) in [6, 6.07) is 14.2. The summed E-state index contributed by atoms with van der Waals surface area (Å²) in [7, 11) is 0. The second-order valence-electron chi connectivity index (χ2n) is 4.67. The van der Waals surface area contributed by atoms with Gasteiger partial charge in [0.05, 0.1) is 21.5 Å². The van der Waals surface area contributed by atoms with E-state index in [0.29, 0.717) is 11.5 Å². The number of nitro benzene ring substituents is 1. The van der Waals surface area contributed by atoms with E-state index >= 15 is 0 Å². The number of aromatic amines is 1. The van der Waals surface area contributed by atoms with Crippen LogP contribution in [0.5, 0.6) is 0 Å². The monoisotopic (exact) mass is 307 g/mol. The molecule has 0 spiro atoms. The van der Waals surface area contributed by atoms with E-state index in [1.807, 2.05) is 24.3 Å². The van der Waals surface area contributed by atoms with Crippen molar-refractivity contribution in [1.82, 2.24) is 9.97 Å². The van der Waals surface area contributed by atoms with Gasteiger partial charge in [-0.3, -0.25) is 10.1 Å². The van der Waals surface area contributed by atoms with Crippen molar-refractivity contribution in [2.75, 3.05) is 5.43 Å². The lowest BCUT2D eigenvalue weighted by Gasteiger charge is -1.95. The number of aromatic nitrogens is 2. The lowest BCUT2D eigenvalue weighted by atomic mass is 10.2. The van der Waals surface area contributed by atoms with Crippen molar-refractivity contribution in [3.05, 3.63) is 70.3 Å². The highest BCUT2D eigenvalue weighted by molar-refractivity contribution is 5.81. The van der Waals surface area contributed by atoms with Crippen molar-refractivity contribution in [2.45, 2.75) is 0 Å². The molecular formula is C16H13N5O2. The Morgan fingerprint density at radius 1 is 1.17 bits per heavy atom. The summed E-state index contributed by atoms with van der Waals surface area (Å²) in [6.07, 6.45) is 4.75. The molecule has 0 fully saturated rings. The number of hydrogen-bond acceptors (Lipinski definition) is 5. The molecule has 1 heterocycles. The van der Waals surface area contributed by atoms with Crippen LogP contribution in [0.2, 0.25) is 0 Å². The summed E-state index contributed by atoms with van der Waals surface area (Å²) < 4.78 is 0. The summed E-state index contributed by atoms with van der Waals surface area (Å²) in [5, 5.41) is 14.9. The Morgan fingerprint density at radius 2 is 1.96 bits per heavy atom. The number of nitro groups is 1. The second-order valence-corrected chi connectivity index (χ2v) is 4.67. The molecule has 0 bridgehead atoms. The van der Waals surface area contributed by atoms with Crippen LogP contribution in [0, 0.1) is 10.1 Å². The molecule has 3 rings (SSSR count). The highest BCUT2D eigenvalue weighted by Gasteiger charge is 2.08. The molecule has 0 aliphatic carbocycles. The fraction of sp³-hybridized carbons (Fsp3) is 0. The Bertz CT molecular complexity index is 865. The van der Waals surface area contributed by atoms with Gasteiger partial charge in [0.15, 0.2) is 0 Å². The van der Waals surface area contributed by atoms with E-state index in [1.54, 1.807) is 30.4 Å². The Kier molecular flexibility index (Phi) is 4.10. The maximum Gasteiger partial charge on any atom is 0.276 e. The molecule has 2 aromatic carbocycles. The van der Waals surface area contributed by atoms with Crippen LogP contribution >= 0.6 is 0 Å². The molecule has 0 saturated heterocycles. The number of rotatable bonds is 5. The van der Waals surface area contributed by atoms with Crippen molar-refractivity contribution in [3.8, 4) is 0 Å². The van der Waals surface area contributed by atoms with Gasteiger partial charge in [-0.1, -0.05) is 24.3 Å². The molecule has 1 aromatic heterocycles. The van der Waals surface area contributed by atoms with Gasteiger partial charge in [-0.05, 0) is 30.4 Å². The minimum absolute atomic E-state index is 0.0578. The highest BCUT2D eigenvalue weighted by atomic mass is 16.6. The fourth-order valence-electron chi connectivity index (χ4n) is 2.09. The molecule has 114 valence electrons. The first-order valence-electron chi connectivity index (χ1n) is 6.88. The molecular weight excluding hydrogens is 294 g/mol. The van der Waals surface area contributed by atoms with Crippen LogP contribution in [0.1, 0.15) is 5.56 Å². The zero-order valence-corrected chi connectivity index (χ0v) is 12.0. The van der Waals surface area contributed by atoms with Gasteiger partial charge in [-0.25, -0.2) is 10.4 Å². The highest BCUT2D eigenvalue weighted by Crippen LogP contribution is 2.18. The maximum atomic E-state index is 10.9. The van der Waals surface area contributed by atoms with E-state index < -0.39 is 4.92 Å². The number of fused-ring (bicyclic) bond motifs is 1. The molecule has 0 amide bonds. The maximum absolute atomic E-state index is 10.9. The molecule has 0 radical (unpaired) electrons. The smallest absolute Gasteiger partial charge is 0.276 e. The Hall–Kier alpha value is -3.48. The van der Waals surface area contributed by atoms with Gasteiger partial charge >= 0.3 is 0 Å². The van der Waals surface area contributed by atoms with E-state index in [1.165, 1.54) is 12.3 Å². The minimum Gasteiger partial charge on any atom is -0.323 e. The Morgan fingerprint density at radius 3 is 2.78 bits per heavy atom. The molecule has 0 atom stereocenters. The average molecular weight is 307 g/mol. The molecule has 0 unspecified atom stereocenters. The predicted octanol–water partition coefficient (Wildman–Crippen LogP) is 3.58. The van der Waals surface area contributed by atoms with Gasteiger partial charge in [0.1, 0.15) is 0 Å². The summed E-state index contributed by atoms with van der Waals surface area (Å²) in [6.45, 7) is 0. The number of nitrogens with one attached hydrogen (secondary N) is 2. The number of imidazole rings is 1. The lowest BCUT2D eigenvalue weighted by Crippen LogP contribution is -1.91. The van der Waals surface area contributed by atoms with E-state index in [-0.39, 0.29) is 5.69 Å². The van der Waals surface area contributed by atoms with Crippen LogP contribution < -0.4 is 5.43 Å². The molecule has 0 aliphatic rings. The van der Waals surface area contributed by atoms with Crippen molar-refractivity contribution < 1.29 is 4.92 Å². The van der Waals surface area contributed by atoms with Crippen LogP contribution in [0.15, 0.2) is 59.7 Å². The first kappa shape index (κ1) is 14.5. The van der Waals surface area contributed by atoms with E-state index in [9.17, 15) is 10.1 Å².